The Morgan fingerprint density at radius 3 is 2.50 bits per heavy atom. The molecule has 0 spiro atoms. The van der Waals surface area contributed by atoms with Crippen LogP contribution in [0, 0.1) is 6.92 Å². The quantitative estimate of drug-likeness (QED) is 0.570. The first-order valence-electron chi connectivity index (χ1n) is 9.11. The van der Waals surface area contributed by atoms with Gasteiger partial charge >= 0.3 is 0 Å². The van der Waals surface area contributed by atoms with Crippen molar-refractivity contribution >= 4 is 16.9 Å². The second kappa shape index (κ2) is 7.56. The molecule has 1 heterocycles. The summed E-state index contributed by atoms with van der Waals surface area (Å²) in [6, 6.07) is 23.3. The monoisotopic (exact) mass is 371 g/mol. The molecule has 5 nitrogen and oxygen atoms in total. The Morgan fingerprint density at radius 1 is 1.04 bits per heavy atom. The fourth-order valence-corrected chi connectivity index (χ4v) is 3.27. The highest BCUT2D eigenvalue weighted by atomic mass is 16.5. The van der Waals surface area contributed by atoms with Crippen molar-refractivity contribution < 1.29 is 9.53 Å². The summed E-state index contributed by atoms with van der Waals surface area (Å²) in [6.07, 6.45) is 0. The number of nitrogens with zero attached hydrogens (tertiary/aromatic N) is 2. The van der Waals surface area contributed by atoms with Crippen molar-refractivity contribution in [2.45, 2.75) is 13.5 Å². The highest BCUT2D eigenvalue weighted by Gasteiger charge is 2.12. The molecule has 4 aromatic rings. The SMILES string of the molecule is COc1ccc(CNC(=O)c2ccc3c(c2)nc(C)n3-c2ccccc2)cc1. The molecule has 3 aromatic carbocycles. The van der Waals surface area contributed by atoms with E-state index in [1.807, 2.05) is 79.7 Å². The van der Waals surface area contributed by atoms with Crippen molar-refractivity contribution in [1.29, 1.82) is 0 Å². The number of methoxy groups -OCH3 is 1. The summed E-state index contributed by atoms with van der Waals surface area (Å²) >= 11 is 0. The zero-order chi connectivity index (χ0) is 19.5. The molecule has 5 heteroatoms. The van der Waals surface area contributed by atoms with Gasteiger partial charge in [0.1, 0.15) is 11.6 Å². The molecule has 0 bridgehead atoms. The van der Waals surface area contributed by atoms with Gasteiger partial charge in [0.05, 0.1) is 18.1 Å². The lowest BCUT2D eigenvalue weighted by Gasteiger charge is -2.08. The van der Waals surface area contributed by atoms with E-state index in [1.165, 1.54) is 0 Å². The number of aryl methyl sites for hydroxylation is 1. The van der Waals surface area contributed by atoms with Crippen LogP contribution in [0.5, 0.6) is 5.75 Å². The summed E-state index contributed by atoms with van der Waals surface area (Å²) in [4.78, 5) is 17.2. The molecule has 0 radical (unpaired) electrons. The molecule has 140 valence electrons. The first kappa shape index (κ1) is 17.8. The van der Waals surface area contributed by atoms with Gasteiger partial charge < -0.3 is 10.1 Å². The second-order valence-electron chi connectivity index (χ2n) is 6.56. The minimum absolute atomic E-state index is 0.121. The number of ether oxygens (including phenoxy) is 1. The molecule has 1 amide bonds. The summed E-state index contributed by atoms with van der Waals surface area (Å²) in [6.45, 7) is 2.43. The van der Waals surface area contributed by atoms with Gasteiger partial charge in [-0.25, -0.2) is 4.98 Å². The highest BCUT2D eigenvalue weighted by molar-refractivity contribution is 5.97. The van der Waals surface area contributed by atoms with Crippen molar-refractivity contribution in [2.24, 2.45) is 0 Å². The third-order valence-electron chi connectivity index (χ3n) is 4.71. The first-order chi connectivity index (χ1) is 13.7. The summed E-state index contributed by atoms with van der Waals surface area (Å²) < 4.78 is 7.24. The van der Waals surface area contributed by atoms with E-state index in [-0.39, 0.29) is 5.91 Å². The number of carbonyl (C=O) groups excluding carboxylic acids is 1. The van der Waals surface area contributed by atoms with Crippen LogP contribution >= 0.6 is 0 Å². The summed E-state index contributed by atoms with van der Waals surface area (Å²) in [7, 11) is 1.63. The smallest absolute Gasteiger partial charge is 0.251 e. The van der Waals surface area contributed by atoms with Crippen LogP contribution in [0.3, 0.4) is 0 Å². The predicted molar refractivity (Wildman–Crippen MR) is 110 cm³/mol. The third-order valence-corrected chi connectivity index (χ3v) is 4.71. The fraction of sp³-hybridized carbons (Fsp3) is 0.130. The van der Waals surface area contributed by atoms with E-state index in [4.69, 9.17) is 4.74 Å². The van der Waals surface area contributed by atoms with Gasteiger partial charge in [-0.1, -0.05) is 30.3 Å². The summed E-state index contributed by atoms with van der Waals surface area (Å²) in [5.74, 6) is 1.56. The molecule has 0 unspecified atom stereocenters. The zero-order valence-electron chi connectivity index (χ0n) is 15.8. The fourth-order valence-electron chi connectivity index (χ4n) is 3.27. The Kier molecular flexibility index (Phi) is 4.81. The number of imidazole rings is 1. The van der Waals surface area contributed by atoms with Crippen LogP contribution in [0.1, 0.15) is 21.7 Å². The molecule has 0 saturated carbocycles. The van der Waals surface area contributed by atoms with E-state index < -0.39 is 0 Å². The Bertz CT molecular complexity index is 1120. The maximum absolute atomic E-state index is 12.6. The van der Waals surface area contributed by atoms with Crippen molar-refractivity contribution in [3.63, 3.8) is 0 Å². The third kappa shape index (κ3) is 3.47. The number of nitrogens with one attached hydrogen (secondary N) is 1. The van der Waals surface area contributed by atoms with Crippen LogP contribution in [0.4, 0.5) is 0 Å². The molecule has 0 aliphatic carbocycles. The van der Waals surface area contributed by atoms with E-state index in [0.29, 0.717) is 12.1 Å². The minimum atomic E-state index is -0.121. The number of rotatable bonds is 5. The molecule has 0 atom stereocenters. The van der Waals surface area contributed by atoms with Crippen molar-refractivity contribution in [2.75, 3.05) is 7.11 Å². The maximum atomic E-state index is 12.6. The zero-order valence-corrected chi connectivity index (χ0v) is 15.8. The number of hydrogen-bond acceptors (Lipinski definition) is 3. The molecular weight excluding hydrogens is 350 g/mol. The lowest BCUT2D eigenvalue weighted by Crippen LogP contribution is -2.22. The maximum Gasteiger partial charge on any atom is 0.251 e. The number of fused-ring (bicyclic) bond motifs is 1. The Labute approximate surface area is 163 Å². The average Bonchev–Trinajstić information content (AvgIpc) is 3.07. The second-order valence-corrected chi connectivity index (χ2v) is 6.56. The van der Waals surface area contributed by atoms with Crippen LogP contribution in [-0.2, 0) is 6.54 Å². The van der Waals surface area contributed by atoms with E-state index in [1.54, 1.807) is 7.11 Å². The largest absolute Gasteiger partial charge is 0.497 e. The number of hydrogen-bond donors (Lipinski definition) is 1. The van der Waals surface area contributed by atoms with E-state index in [2.05, 4.69) is 14.9 Å². The van der Waals surface area contributed by atoms with Crippen molar-refractivity contribution in [3.05, 3.63) is 89.7 Å². The molecule has 1 aromatic heterocycles. The molecule has 4 rings (SSSR count). The number of para-hydroxylation sites is 1. The Hall–Kier alpha value is -3.60. The van der Waals surface area contributed by atoms with Crippen LogP contribution in [0.15, 0.2) is 72.8 Å². The predicted octanol–water partition coefficient (Wildman–Crippen LogP) is 4.27. The lowest BCUT2D eigenvalue weighted by molar-refractivity contribution is 0.0951. The molecule has 28 heavy (non-hydrogen) atoms. The molecule has 0 aliphatic rings. The van der Waals surface area contributed by atoms with Gasteiger partial charge in [-0.15, -0.1) is 0 Å². The normalized spacial score (nSPS) is 10.8. The van der Waals surface area contributed by atoms with Crippen LogP contribution < -0.4 is 10.1 Å². The molecule has 1 N–H and O–H groups in total. The average molecular weight is 371 g/mol. The summed E-state index contributed by atoms with van der Waals surface area (Å²) in [5, 5.41) is 2.96. The van der Waals surface area contributed by atoms with Gasteiger partial charge in [0.25, 0.3) is 5.91 Å². The number of amides is 1. The highest BCUT2D eigenvalue weighted by Crippen LogP contribution is 2.22. The molecule has 0 fully saturated rings. The van der Waals surface area contributed by atoms with Crippen LogP contribution in [0.2, 0.25) is 0 Å². The van der Waals surface area contributed by atoms with Gasteiger partial charge in [-0.2, -0.15) is 0 Å². The first-order valence-corrected chi connectivity index (χ1v) is 9.11. The summed E-state index contributed by atoms with van der Waals surface area (Å²) in [5.41, 5.74) is 4.45. The van der Waals surface area contributed by atoms with Gasteiger partial charge in [-0.05, 0) is 55.0 Å². The minimum Gasteiger partial charge on any atom is -0.497 e. The van der Waals surface area contributed by atoms with Gasteiger partial charge in [0.2, 0.25) is 0 Å². The van der Waals surface area contributed by atoms with E-state index in [9.17, 15) is 4.79 Å². The van der Waals surface area contributed by atoms with Gasteiger partial charge in [0, 0.05) is 17.8 Å². The lowest BCUT2D eigenvalue weighted by atomic mass is 10.1. The number of carbonyl (C=O) groups is 1. The molecule has 0 aliphatic heterocycles. The van der Waals surface area contributed by atoms with Crippen molar-refractivity contribution in [3.8, 4) is 11.4 Å². The van der Waals surface area contributed by atoms with Crippen molar-refractivity contribution in [1.82, 2.24) is 14.9 Å². The Balaban J connectivity index is 1.55. The van der Waals surface area contributed by atoms with Gasteiger partial charge in [-0.3, -0.25) is 9.36 Å². The van der Waals surface area contributed by atoms with E-state index >= 15 is 0 Å². The van der Waals surface area contributed by atoms with Crippen LogP contribution in [0.25, 0.3) is 16.7 Å². The standard InChI is InChI=1S/C23H21N3O2/c1-16-25-21-14-18(10-13-22(21)26(16)19-6-4-3-5-7-19)23(27)24-15-17-8-11-20(28-2)12-9-17/h3-14H,15H2,1-2H3,(H,24,27). The number of benzene rings is 3. The van der Waals surface area contributed by atoms with E-state index in [0.717, 1.165) is 33.9 Å². The van der Waals surface area contributed by atoms with Gasteiger partial charge in [0.15, 0.2) is 0 Å². The molecular formula is C23H21N3O2. The number of aromatic nitrogens is 2. The van der Waals surface area contributed by atoms with Crippen LogP contribution in [-0.4, -0.2) is 22.6 Å². The Morgan fingerprint density at radius 2 is 1.79 bits per heavy atom. The molecule has 0 saturated heterocycles. The topological polar surface area (TPSA) is 56.1 Å².